The summed E-state index contributed by atoms with van der Waals surface area (Å²) < 4.78 is 2.51. The van der Waals surface area contributed by atoms with Gasteiger partial charge in [-0.2, -0.15) is 4.68 Å². The molecule has 0 amide bonds. The second-order valence-corrected chi connectivity index (χ2v) is 4.07. The maximum Gasteiger partial charge on any atom is 0.160 e. The molecular formula is C10H12BrN5. The third-order valence-electron chi connectivity index (χ3n) is 2.19. The van der Waals surface area contributed by atoms with Gasteiger partial charge in [-0.1, -0.05) is 13.8 Å². The van der Waals surface area contributed by atoms with Crippen molar-refractivity contribution in [3.05, 3.63) is 28.6 Å². The van der Waals surface area contributed by atoms with E-state index in [4.69, 9.17) is 0 Å². The highest BCUT2D eigenvalue weighted by Gasteiger charge is 2.10. The molecule has 0 radical (unpaired) electrons. The summed E-state index contributed by atoms with van der Waals surface area (Å²) in [6.45, 7) is 4.09. The molecule has 84 valence electrons. The van der Waals surface area contributed by atoms with Crippen LogP contribution in [0.1, 0.15) is 25.5 Å². The smallest absolute Gasteiger partial charge is 0.160 e. The third kappa shape index (κ3) is 2.11. The molecule has 2 heterocycles. The largest absolute Gasteiger partial charge is 0.229 e. The molecule has 16 heavy (non-hydrogen) atoms. The Morgan fingerprint density at radius 2 is 2.06 bits per heavy atom. The van der Waals surface area contributed by atoms with Crippen molar-refractivity contribution in [1.29, 1.82) is 0 Å². The topological polar surface area (TPSA) is 56.5 Å². The minimum atomic E-state index is 0.742. The summed E-state index contributed by atoms with van der Waals surface area (Å²) in [7, 11) is 0. The Kier molecular flexibility index (Phi) is 3.28. The molecule has 2 aromatic heterocycles. The Bertz CT molecular complexity index is 494. The lowest BCUT2D eigenvalue weighted by atomic mass is 10.4. The Hall–Kier alpha value is -1.30. The van der Waals surface area contributed by atoms with E-state index < -0.39 is 0 Å². The van der Waals surface area contributed by atoms with E-state index in [-0.39, 0.29) is 0 Å². The lowest BCUT2D eigenvalue weighted by Gasteiger charge is -2.02. The Labute approximate surface area is 102 Å². The van der Waals surface area contributed by atoms with Crippen LogP contribution in [-0.2, 0) is 12.8 Å². The molecule has 0 aliphatic rings. The van der Waals surface area contributed by atoms with Gasteiger partial charge in [-0.05, 0) is 15.9 Å². The number of aromatic nitrogens is 5. The highest BCUT2D eigenvalue weighted by molar-refractivity contribution is 9.10. The molecule has 0 saturated carbocycles. The van der Waals surface area contributed by atoms with Crippen LogP contribution < -0.4 is 0 Å². The van der Waals surface area contributed by atoms with Crippen LogP contribution in [0.5, 0.6) is 0 Å². The summed E-state index contributed by atoms with van der Waals surface area (Å²) >= 11 is 3.32. The second kappa shape index (κ2) is 4.69. The van der Waals surface area contributed by atoms with E-state index >= 15 is 0 Å². The van der Waals surface area contributed by atoms with Crippen LogP contribution in [0.4, 0.5) is 0 Å². The fraction of sp³-hybridized carbons (Fsp3) is 0.400. The first-order valence-corrected chi connectivity index (χ1v) is 5.96. The maximum atomic E-state index is 4.43. The van der Waals surface area contributed by atoms with Crippen LogP contribution >= 0.6 is 15.9 Å². The van der Waals surface area contributed by atoms with Crippen molar-refractivity contribution in [3.8, 4) is 5.82 Å². The van der Waals surface area contributed by atoms with E-state index in [0.29, 0.717) is 0 Å². The molecule has 0 spiro atoms. The molecular weight excluding hydrogens is 270 g/mol. The summed E-state index contributed by atoms with van der Waals surface area (Å²) in [6, 6.07) is 1.83. The SMILES string of the molecule is CCc1nc(CC)n(-c2cc(Br)ncn2)n1. The van der Waals surface area contributed by atoms with Crippen LogP contribution in [0.3, 0.4) is 0 Å². The van der Waals surface area contributed by atoms with E-state index in [1.165, 1.54) is 6.33 Å². The van der Waals surface area contributed by atoms with Gasteiger partial charge < -0.3 is 0 Å². The van der Waals surface area contributed by atoms with Gasteiger partial charge in [0, 0.05) is 18.9 Å². The number of aryl methyl sites for hydroxylation is 2. The van der Waals surface area contributed by atoms with Gasteiger partial charge in [0.15, 0.2) is 11.6 Å². The zero-order valence-electron chi connectivity index (χ0n) is 9.18. The van der Waals surface area contributed by atoms with Gasteiger partial charge in [0.2, 0.25) is 0 Å². The molecule has 0 fully saturated rings. The van der Waals surface area contributed by atoms with Crippen molar-refractivity contribution in [2.24, 2.45) is 0 Å². The lowest BCUT2D eigenvalue weighted by Crippen LogP contribution is -2.04. The standard InChI is InChI=1S/C10H12BrN5/c1-3-8-14-9(4-2)16(15-8)10-5-7(11)12-6-13-10/h5-6H,3-4H2,1-2H3. The molecule has 2 aromatic rings. The normalized spacial score (nSPS) is 10.7. The van der Waals surface area contributed by atoms with Crippen molar-refractivity contribution >= 4 is 15.9 Å². The van der Waals surface area contributed by atoms with Crippen molar-refractivity contribution in [3.63, 3.8) is 0 Å². The van der Waals surface area contributed by atoms with E-state index in [1.807, 2.05) is 13.0 Å². The molecule has 0 N–H and O–H groups in total. The number of rotatable bonds is 3. The highest BCUT2D eigenvalue weighted by atomic mass is 79.9. The zero-order valence-corrected chi connectivity index (χ0v) is 10.8. The summed E-state index contributed by atoms with van der Waals surface area (Å²) in [5.74, 6) is 2.50. The number of hydrogen-bond acceptors (Lipinski definition) is 4. The molecule has 0 aromatic carbocycles. The fourth-order valence-corrected chi connectivity index (χ4v) is 1.69. The Morgan fingerprint density at radius 3 is 2.69 bits per heavy atom. The second-order valence-electron chi connectivity index (χ2n) is 3.26. The first kappa shape index (κ1) is 11.2. The van der Waals surface area contributed by atoms with Crippen molar-refractivity contribution in [1.82, 2.24) is 24.7 Å². The predicted molar refractivity (Wildman–Crippen MR) is 63.4 cm³/mol. The summed E-state index contributed by atoms with van der Waals surface area (Å²) in [5.41, 5.74) is 0. The molecule has 0 saturated heterocycles. The van der Waals surface area contributed by atoms with Crippen LogP contribution in [0, 0.1) is 0 Å². The van der Waals surface area contributed by atoms with Gasteiger partial charge in [0.05, 0.1) is 0 Å². The summed E-state index contributed by atoms with van der Waals surface area (Å²) in [4.78, 5) is 12.6. The molecule has 5 nitrogen and oxygen atoms in total. The molecule has 2 rings (SSSR count). The lowest BCUT2D eigenvalue weighted by molar-refractivity contribution is 0.764. The van der Waals surface area contributed by atoms with E-state index in [9.17, 15) is 0 Å². The van der Waals surface area contributed by atoms with Gasteiger partial charge in [-0.15, -0.1) is 5.10 Å². The Balaban J connectivity index is 2.50. The Morgan fingerprint density at radius 1 is 1.25 bits per heavy atom. The first-order valence-electron chi connectivity index (χ1n) is 5.17. The van der Waals surface area contributed by atoms with Crippen molar-refractivity contribution in [2.45, 2.75) is 26.7 Å². The van der Waals surface area contributed by atoms with Gasteiger partial charge in [0.1, 0.15) is 16.8 Å². The molecule has 0 bridgehead atoms. The van der Waals surface area contributed by atoms with E-state index in [1.54, 1.807) is 4.68 Å². The first-order chi connectivity index (χ1) is 7.74. The van der Waals surface area contributed by atoms with Crippen LogP contribution in [0.2, 0.25) is 0 Å². The monoisotopic (exact) mass is 281 g/mol. The maximum absolute atomic E-state index is 4.43. The minimum absolute atomic E-state index is 0.742. The number of nitrogens with zero attached hydrogens (tertiary/aromatic N) is 5. The number of hydrogen-bond donors (Lipinski definition) is 0. The fourth-order valence-electron chi connectivity index (χ4n) is 1.39. The average Bonchev–Trinajstić information content (AvgIpc) is 2.72. The molecule has 0 aliphatic carbocycles. The highest BCUT2D eigenvalue weighted by Crippen LogP contribution is 2.12. The van der Waals surface area contributed by atoms with Gasteiger partial charge >= 0.3 is 0 Å². The molecule has 0 aliphatic heterocycles. The molecule has 0 atom stereocenters. The number of halogens is 1. The minimum Gasteiger partial charge on any atom is -0.229 e. The summed E-state index contributed by atoms with van der Waals surface area (Å²) in [6.07, 6.45) is 3.16. The summed E-state index contributed by atoms with van der Waals surface area (Å²) in [5, 5.41) is 4.41. The van der Waals surface area contributed by atoms with Crippen LogP contribution in [0.15, 0.2) is 17.0 Å². The zero-order chi connectivity index (χ0) is 11.5. The van der Waals surface area contributed by atoms with Gasteiger partial charge in [0.25, 0.3) is 0 Å². The van der Waals surface area contributed by atoms with Crippen molar-refractivity contribution < 1.29 is 0 Å². The van der Waals surface area contributed by atoms with E-state index in [2.05, 4.69) is 42.9 Å². The van der Waals surface area contributed by atoms with Gasteiger partial charge in [-0.3, -0.25) is 0 Å². The van der Waals surface area contributed by atoms with Crippen LogP contribution in [0.25, 0.3) is 5.82 Å². The van der Waals surface area contributed by atoms with Crippen LogP contribution in [-0.4, -0.2) is 24.7 Å². The molecule has 6 heteroatoms. The van der Waals surface area contributed by atoms with Gasteiger partial charge in [-0.25, -0.2) is 15.0 Å². The third-order valence-corrected chi connectivity index (χ3v) is 2.62. The van der Waals surface area contributed by atoms with E-state index in [0.717, 1.165) is 34.9 Å². The predicted octanol–water partition coefficient (Wildman–Crippen LogP) is 1.94. The molecule has 0 unspecified atom stereocenters. The quantitative estimate of drug-likeness (QED) is 0.807. The average molecular weight is 282 g/mol. The van der Waals surface area contributed by atoms with Crippen molar-refractivity contribution in [2.75, 3.05) is 0 Å².